The molecule has 0 aliphatic carbocycles. The SMILES string of the molecule is Cn1c(=O)n(Cc2ccc(F)cc2C(F)(F)F)c(=O)c2[nH]cnc21. The topological polar surface area (TPSA) is 72.7 Å². The van der Waals surface area contributed by atoms with Crippen molar-refractivity contribution in [3.8, 4) is 0 Å². The lowest BCUT2D eigenvalue weighted by molar-refractivity contribution is -0.138. The van der Waals surface area contributed by atoms with E-state index in [1.54, 1.807) is 0 Å². The van der Waals surface area contributed by atoms with Crippen molar-refractivity contribution >= 4 is 11.2 Å². The summed E-state index contributed by atoms with van der Waals surface area (Å²) in [6.07, 6.45) is -3.61. The highest BCUT2D eigenvalue weighted by Crippen LogP contribution is 2.32. The highest BCUT2D eigenvalue weighted by Gasteiger charge is 2.34. The first kappa shape index (κ1) is 16.0. The zero-order valence-corrected chi connectivity index (χ0v) is 12.2. The minimum atomic E-state index is -4.82. The molecule has 0 spiro atoms. The van der Waals surface area contributed by atoms with E-state index in [2.05, 4.69) is 9.97 Å². The van der Waals surface area contributed by atoms with Crippen LogP contribution in [-0.2, 0) is 19.8 Å². The first-order valence-corrected chi connectivity index (χ1v) is 6.68. The lowest BCUT2D eigenvalue weighted by Gasteiger charge is -2.14. The summed E-state index contributed by atoms with van der Waals surface area (Å²) in [7, 11) is 1.34. The summed E-state index contributed by atoms with van der Waals surface area (Å²) in [6.45, 7) is -0.643. The number of aryl methyl sites for hydroxylation is 1. The van der Waals surface area contributed by atoms with E-state index < -0.39 is 35.4 Å². The van der Waals surface area contributed by atoms with E-state index >= 15 is 0 Å². The lowest BCUT2D eigenvalue weighted by Crippen LogP contribution is -2.39. The summed E-state index contributed by atoms with van der Waals surface area (Å²) in [4.78, 5) is 30.9. The van der Waals surface area contributed by atoms with Gasteiger partial charge in [0.1, 0.15) is 11.3 Å². The zero-order valence-electron chi connectivity index (χ0n) is 12.2. The third-order valence-corrected chi connectivity index (χ3v) is 3.62. The Morgan fingerprint density at radius 3 is 2.62 bits per heavy atom. The summed E-state index contributed by atoms with van der Waals surface area (Å²) in [6, 6.07) is 2.08. The molecule has 0 aliphatic heterocycles. The minimum absolute atomic E-state index is 0.00669. The molecule has 6 nitrogen and oxygen atoms in total. The number of nitrogens with one attached hydrogen (secondary N) is 1. The standard InChI is InChI=1S/C14H10F4N4O2/c1-21-11-10(19-6-20-11)12(23)22(13(21)24)5-7-2-3-8(15)4-9(7)14(16,17)18/h2-4,6H,5H2,1H3,(H,19,20). The van der Waals surface area contributed by atoms with Crippen LogP contribution in [-0.4, -0.2) is 19.1 Å². The fourth-order valence-electron chi connectivity index (χ4n) is 2.45. The number of aromatic nitrogens is 4. The van der Waals surface area contributed by atoms with Gasteiger partial charge in [-0.05, 0) is 17.7 Å². The van der Waals surface area contributed by atoms with Crippen LogP contribution in [0.4, 0.5) is 17.6 Å². The molecule has 0 radical (unpaired) electrons. The second kappa shape index (κ2) is 5.32. The van der Waals surface area contributed by atoms with Crippen molar-refractivity contribution in [1.82, 2.24) is 19.1 Å². The average molecular weight is 342 g/mol. The first-order chi connectivity index (χ1) is 11.2. The molecule has 1 aromatic carbocycles. The molecule has 1 N–H and O–H groups in total. The van der Waals surface area contributed by atoms with Gasteiger partial charge in [-0.1, -0.05) is 6.07 Å². The first-order valence-electron chi connectivity index (χ1n) is 6.68. The number of H-pyrrole nitrogens is 1. The number of hydrogen-bond acceptors (Lipinski definition) is 3. The van der Waals surface area contributed by atoms with E-state index in [-0.39, 0.29) is 16.7 Å². The summed E-state index contributed by atoms with van der Waals surface area (Å²) in [5.74, 6) is -1.06. The number of nitrogens with zero attached hydrogens (tertiary/aromatic N) is 3. The third-order valence-electron chi connectivity index (χ3n) is 3.62. The number of imidazole rings is 1. The van der Waals surface area contributed by atoms with E-state index in [4.69, 9.17) is 0 Å². The molecule has 10 heteroatoms. The van der Waals surface area contributed by atoms with Crippen LogP contribution in [0.15, 0.2) is 34.1 Å². The Labute approximate surface area is 131 Å². The number of hydrogen-bond donors (Lipinski definition) is 1. The fourth-order valence-corrected chi connectivity index (χ4v) is 2.45. The smallest absolute Gasteiger partial charge is 0.339 e. The molecule has 3 rings (SSSR count). The van der Waals surface area contributed by atoms with Crippen LogP contribution in [0.2, 0.25) is 0 Å². The largest absolute Gasteiger partial charge is 0.416 e. The molecule has 0 unspecified atom stereocenters. The maximum Gasteiger partial charge on any atom is 0.416 e. The summed E-state index contributed by atoms with van der Waals surface area (Å²) in [5.41, 5.74) is -3.16. The second-order valence-corrected chi connectivity index (χ2v) is 5.13. The van der Waals surface area contributed by atoms with Gasteiger partial charge in [0.15, 0.2) is 5.65 Å². The molecule has 0 fully saturated rings. The predicted octanol–water partition coefficient (Wildman–Crippen LogP) is 1.63. The zero-order chi connectivity index (χ0) is 17.6. The molecule has 3 aromatic rings. The monoisotopic (exact) mass is 342 g/mol. The molecular weight excluding hydrogens is 332 g/mol. The Morgan fingerprint density at radius 2 is 1.96 bits per heavy atom. The van der Waals surface area contributed by atoms with Gasteiger partial charge < -0.3 is 4.98 Å². The molecule has 0 aliphatic rings. The van der Waals surface area contributed by atoms with Crippen molar-refractivity contribution in [3.05, 3.63) is 62.3 Å². The van der Waals surface area contributed by atoms with E-state index in [0.29, 0.717) is 10.6 Å². The molecule has 0 saturated carbocycles. The van der Waals surface area contributed by atoms with Gasteiger partial charge in [-0.2, -0.15) is 13.2 Å². The minimum Gasteiger partial charge on any atom is -0.339 e. The van der Waals surface area contributed by atoms with E-state index in [1.165, 1.54) is 13.4 Å². The molecule has 0 amide bonds. The molecular formula is C14H10F4N4O2. The molecule has 0 bridgehead atoms. The van der Waals surface area contributed by atoms with Crippen molar-refractivity contribution < 1.29 is 17.6 Å². The van der Waals surface area contributed by atoms with Gasteiger partial charge in [0.25, 0.3) is 5.56 Å². The van der Waals surface area contributed by atoms with Gasteiger partial charge in [0.05, 0.1) is 18.4 Å². The number of alkyl halides is 3. The lowest BCUT2D eigenvalue weighted by atomic mass is 10.1. The van der Waals surface area contributed by atoms with Gasteiger partial charge in [-0.15, -0.1) is 0 Å². The van der Waals surface area contributed by atoms with Gasteiger partial charge >= 0.3 is 11.9 Å². The molecule has 2 heterocycles. The Bertz CT molecular complexity index is 1050. The van der Waals surface area contributed by atoms with Crippen LogP contribution in [0.5, 0.6) is 0 Å². The molecule has 0 saturated heterocycles. The van der Waals surface area contributed by atoms with Gasteiger partial charge in [-0.25, -0.2) is 14.2 Å². The number of aromatic amines is 1. The number of benzene rings is 1. The quantitative estimate of drug-likeness (QED) is 0.720. The molecule has 24 heavy (non-hydrogen) atoms. The highest BCUT2D eigenvalue weighted by molar-refractivity contribution is 5.68. The van der Waals surface area contributed by atoms with Crippen LogP contribution in [0, 0.1) is 5.82 Å². The molecule has 2 aromatic heterocycles. The van der Waals surface area contributed by atoms with Crippen molar-refractivity contribution in [2.24, 2.45) is 7.05 Å². The van der Waals surface area contributed by atoms with Crippen LogP contribution in [0.25, 0.3) is 11.2 Å². The van der Waals surface area contributed by atoms with Crippen LogP contribution >= 0.6 is 0 Å². The van der Waals surface area contributed by atoms with Crippen LogP contribution < -0.4 is 11.2 Å². The predicted molar refractivity (Wildman–Crippen MR) is 76.1 cm³/mol. The molecule has 126 valence electrons. The van der Waals surface area contributed by atoms with Crippen LogP contribution in [0.3, 0.4) is 0 Å². The second-order valence-electron chi connectivity index (χ2n) is 5.13. The maximum absolute atomic E-state index is 13.2. The van der Waals surface area contributed by atoms with Crippen molar-refractivity contribution in [2.45, 2.75) is 12.7 Å². The van der Waals surface area contributed by atoms with E-state index in [9.17, 15) is 27.2 Å². The maximum atomic E-state index is 13.2. The fraction of sp³-hybridized carbons (Fsp3) is 0.214. The Balaban J connectivity index is 2.22. The van der Waals surface area contributed by atoms with Crippen molar-refractivity contribution in [3.63, 3.8) is 0 Å². The number of fused-ring (bicyclic) bond motifs is 1. The van der Waals surface area contributed by atoms with E-state index in [0.717, 1.165) is 16.7 Å². The summed E-state index contributed by atoms with van der Waals surface area (Å²) in [5, 5.41) is 0. The normalized spacial score (nSPS) is 12.0. The van der Waals surface area contributed by atoms with Crippen molar-refractivity contribution in [1.29, 1.82) is 0 Å². The van der Waals surface area contributed by atoms with Crippen LogP contribution in [0.1, 0.15) is 11.1 Å². The van der Waals surface area contributed by atoms with Gasteiger partial charge in [0, 0.05) is 7.05 Å². The number of halogens is 4. The summed E-state index contributed by atoms with van der Waals surface area (Å²) >= 11 is 0. The third kappa shape index (κ3) is 2.49. The molecule has 0 atom stereocenters. The Morgan fingerprint density at radius 1 is 1.25 bits per heavy atom. The Kier molecular flexibility index (Phi) is 3.54. The Hall–Kier alpha value is -2.91. The van der Waals surface area contributed by atoms with Gasteiger partial charge in [0.2, 0.25) is 0 Å². The van der Waals surface area contributed by atoms with E-state index in [1.807, 2.05) is 0 Å². The average Bonchev–Trinajstić information content (AvgIpc) is 2.99. The highest BCUT2D eigenvalue weighted by atomic mass is 19.4. The van der Waals surface area contributed by atoms with Gasteiger partial charge in [-0.3, -0.25) is 13.9 Å². The van der Waals surface area contributed by atoms with Crippen molar-refractivity contribution in [2.75, 3.05) is 0 Å². The summed E-state index contributed by atoms with van der Waals surface area (Å²) < 4.78 is 54.0. The number of rotatable bonds is 2.